The Labute approximate surface area is 186 Å². The molecule has 1 unspecified atom stereocenters. The molecule has 1 atom stereocenters. The van der Waals surface area contributed by atoms with Gasteiger partial charge in [-0.05, 0) is 48.6 Å². The number of ketones is 1. The number of nitrogens with zero attached hydrogens (tertiary/aromatic N) is 3. The molecule has 0 radical (unpaired) electrons. The second-order valence-electron chi connectivity index (χ2n) is 8.05. The van der Waals surface area contributed by atoms with Gasteiger partial charge in [-0.3, -0.25) is 9.36 Å². The maximum Gasteiger partial charge on any atom is 0.192 e. The maximum absolute atomic E-state index is 13.4. The normalized spacial score (nSPS) is 16.2. The van der Waals surface area contributed by atoms with Crippen LogP contribution >= 0.6 is 11.8 Å². The van der Waals surface area contributed by atoms with Gasteiger partial charge in [-0.25, -0.2) is 4.39 Å². The third kappa shape index (κ3) is 5.22. The number of ether oxygens (including phenoxy) is 1. The summed E-state index contributed by atoms with van der Waals surface area (Å²) in [6.07, 6.45) is 2.10. The van der Waals surface area contributed by atoms with Gasteiger partial charge in [0.15, 0.2) is 16.8 Å². The van der Waals surface area contributed by atoms with Crippen LogP contribution in [0.15, 0.2) is 53.7 Å². The fourth-order valence-corrected chi connectivity index (χ4v) is 4.47. The number of Topliss-reactive ketones (excluding diaryl/α,β-unsaturated/α-hetero) is 1. The standard InChI is InChI=1S/C24H26FN3O2S/c1-16(2)17-5-7-18(8-6-17)22(29)15-31-24-27-26-23(19-9-11-20(25)12-10-19)28(24)14-21-4-3-13-30-21/h5-12,16,21H,3-4,13-15H2,1-2H3. The predicted molar refractivity (Wildman–Crippen MR) is 120 cm³/mol. The summed E-state index contributed by atoms with van der Waals surface area (Å²) in [4.78, 5) is 12.7. The van der Waals surface area contributed by atoms with Gasteiger partial charge in [-0.2, -0.15) is 0 Å². The molecule has 31 heavy (non-hydrogen) atoms. The van der Waals surface area contributed by atoms with Gasteiger partial charge in [0.1, 0.15) is 5.82 Å². The number of hydrogen-bond acceptors (Lipinski definition) is 5. The van der Waals surface area contributed by atoms with Gasteiger partial charge in [-0.15, -0.1) is 10.2 Å². The van der Waals surface area contributed by atoms with Crippen LogP contribution in [0.2, 0.25) is 0 Å². The van der Waals surface area contributed by atoms with Crippen LogP contribution < -0.4 is 0 Å². The topological polar surface area (TPSA) is 57.0 Å². The van der Waals surface area contributed by atoms with Crippen molar-refractivity contribution in [3.63, 3.8) is 0 Å². The maximum atomic E-state index is 13.4. The molecule has 2 heterocycles. The number of aromatic nitrogens is 3. The van der Waals surface area contributed by atoms with E-state index in [0.717, 1.165) is 25.0 Å². The first kappa shape index (κ1) is 21.7. The fourth-order valence-electron chi connectivity index (χ4n) is 3.63. The lowest BCUT2D eigenvalue weighted by atomic mass is 10.0. The molecular weight excluding hydrogens is 413 g/mol. The Balaban J connectivity index is 1.52. The number of carbonyl (C=O) groups is 1. The molecule has 0 saturated carbocycles. The largest absolute Gasteiger partial charge is 0.376 e. The van der Waals surface area contributed by atoms with Gasteiger partial charge in [0.05, 0.1) is 18.4 Å². The van der Waals surface area contributed by atoms with E-state index in [1.54, 1.807) is 12.1 Å². The van der Waals surface area contributed by atoms with Crippen LogP contribution in [0.3, 0.4) is 0 Å². The zero-order chi connectivity index (χ0) is 21.8. The first-order valence-electron chi connectivity index (χ1n) is 10.6. The summed E-state index contributed by atoms with van der Waals surface area (Å²) in [6, 6.07) is 14.0. The number of carbonyl (C=O) groups excluding carboxylic acids is 1. The van der Waals surface area contributed by atoms with E-state index in [1.165, 1.54) is 29.5 Å². The first-order chi connectivity index (χ1) is 15.0. The monoisotopic (exact) mass is 439 g/mol. The van der Waals surface area contributed by atoms with Crippen molar-refractivity contribution in [3.05, 3.63) is 65.5 Å². The zero-order valence-electron chi connectivity index (χ0n) is 17.8. The number of halogens is 1. The van der Waals surface area contributed by atoms with E-state index in [2.05, 4.69) is 24.0 Å². The Bertz CT molecular complexity index is 1030. The Kier molecular flexibility index (Phi) is 6.83. The smallest absolute Gasteiger partial charge is 0.192 e. The van der Waals surface area contributed by atoms with Crippen molar-refractivity contribution >= 4 is 17.5 Å². The SMILES string of the molecule is CC(C)c1ccc(C(=O)CSc2nnc(-c3ccc(F)cc3)n2CC2CCCO2)cc1. The Morgan fingerprint density at radius 3 is 2.55 bits per heavy atom. The molecule has 0 spiro atoms. The third-order valence-corrected chi connectivity index (χ3v) is 6.43. The highest BCUT2D eigenvalue weighted by Gasteiger charge is 2.22. The minimum Gasteiger partial charge on any atom is -0.376 e. The average molecular weight is 440 g/mol. The van der Waals surface area contributed by atoms with Gasteiger partial charge >= 0.3 is 0 Å². The van der Waals surface area contributed by atoms with E-state index in [0.29, 0.717) is 29.0 Å². The zero-order valence-corrected chi connectivity index (χ0v) is 18.6. The van der Waals surface area contributed by atoms with Crippen LogP contribution in [0.5, 0.6) is 0 Å². The van der Waals surface area contributed by atoms with E-state index >= 15 is 0 Å². The van der Waals surface area contributed by atoms with Gasteiger partial charge < -0.3 is 4.74 Å². The Hall–Kier alpha value is -2.51. The minimum atomic E-state index is -0.294. The second kappa shape index (κ2) is 9.75. The van der Waals surface area contributed by atoms with E-state index in [4.69, 9.17) is 4.74 Å². The summed E-state index contributed by atoms with van der Waals surface area (Å²) < 4.78 is 21.2. The summed E-state index contributed by atoms with van der Waals surface area (Å²) in [5.74, 6) is 1.12. The molecule has 7 heteroatoms. The molecule has 0 N–H and O–H groups in total. The molecule has 5 nitrogen and oxygen atoms in total. The van der Waals surface area contributed by atoms with Crippen molar-refractivity contribution in [1.82, 2.24) is 14.8 Å². The molecule has 4 rings (SSSR count). The van der Waals surface area contributed by atoms with E-state index in [9.17, 15) is 9.18 Å². The van der Waals surface area contributed by atoms with E-state index < -0.39 is 0 Å². The van der Waals surface area contributed by atoms with Crippen molar-refractivity contribution in [2.75, 3.05) is 12.4 Å². The van der Waals surface area contributed by atoms with Gasteiger partial charge in [0, 0.05) is 17.7 Å². The van der Waals surface area contributed by atoms with Crippen LogP contribution in [-0.4, -0.2) is 39.0 Å². The lowest BCUT2D eigenvalue weighted by Gasteiger charge is -2.14. The molecule has 2 aromatic carbocycles. The van der Waals surface area contributed by atoms with Crippen molar-refractivity contribution in [1.29, 1.82) is 0 Å². The number of thioether (sulfide) groups is 1. The molecule has 3 aromatic rings. The van der Waals surface area contributed by atoms with E-state index in [1.807, 2.05) is 28.8 Å². The minimum absolute atomic E-state index is 0.0512. The average Bonchev–Trinajstić information content (AvgIpc) is 3.43. The molecule has 1 saturated heterocycles. The number of hydrogen-bond donors (Lipinski definition) is 0. The van der Waals surface area contributed by atoms with Crippen LogP contribution in [0, 0.1) is 5.82 Å². The summed E-state index contributed by atoms with van der Waals surface area (Å²) >= 11 is 1.37. The summed E-state index contributed by atoms with van der Waals surface area (Å²) in [6.45, 7) is 5.63. The quantitative estimate of drug-likeness (QED) is 0.349. The molecule has 1 aromatic heterocycles. The van der Waals surface area contributed by atoms with Crippen molar-refractivity contribution in [2.45, 2.75) is 50.4 Å². The highest BCUT2D eigenvalue weighted by molar-refractivity contribution is 7.99. The van der Waals surface area contributed by atoms with Crippen molar-refractivity contribution < 1.29 is 13.9 Å². The van der Waals surface area contributed by atoms with Crippen LogP contribution in [0.25, 0.3) is 11.4 Å². The van der Waals surface area contributed by atoms with Gasteiger partial charge in [-0.1, -0.05) is 49.9 Å². The Morgan fingerprint density at radius 2 is 1.90 bits per heavy atom. The van der Waals surface area contributed by atoms with Crippen LogP contribution in [0.1, 0.15) is 48.5 Å². The molecular formula is C24H26FN3O2S. The van der Waals surface area contributed by atoms with E-state index in [-0.39, 0.29) is 23.5 Å². The van der Waals surface area contributed by atoms with Crippen LogP contribution in [-0.2, 0) is 11.3 Å². The second-order valence-corrected chi connectivity index (χ2v) is 8.99. The highest BCUT2D eigenvalue weighted by Crippen LogP contribution is 2.27. The Morgan fingerprint density at radius 1 is 1.16 bits per heavy atom. The molecule has 162 valence electrons. The lowest BCUT2D eigenvalue weighted by molar-refractivity contribution is 0.0953. The summed E-state index contributed by atoms with van der Waals surface area (Å²) in [5, 5.41) is 9.35. The predicted octanol–water partition coefficient (Wildman–Crippen LogP) is 5.36. The molecule has 0 amide bonds. The van der Waals surface area contributed by atoms with Crippen LogP contribution in [0.4, 0.5) is 4.39 Å². The summed E-state index contributed by atoms with van der Waals surface area (Å²) in [5.41, 5.74) is 2.69. The first-order valence-corrected chi connectivity index (χ1v) is 11.6. The molecule has 0 bridgehead atoms. The molecule has 1 fully saturated rings. The van der Waals surface area contributed by atoms with Gasteiger partial charge in [0.25, 0.3) is 0 Å². The molecule has 1 aliphatic heterocycles. The van der Waals surface area contributed by atoms with Crippen molar-refractivity contribution in [2.24, 2.45) is 0 Å². The molecule has 1 aliphatic rings. The van der Waals surface area contributed by atoms with Gasteiger partial charge in [0.2, 0.25) is 0 Å². The summed E-state index contributed by atoms with van der Waals surface area (Å²) in [7, 11) is 0. The molecule has 0 aliphatic carbocycles. The lowest BCUT2D eigenvalue weighted by Crippen LogP contribution is -2.17. The number of benzene rings is 2. The highest BCUT2D eigenvalue weighted by atomic mass is 32.2. The number of rotatable bonds is 8. The fraction of sp³-hybridized carbons (Fsp3) is 0.375. The third-order valence-electron chi connectivity index (χ3n) is 5.46. The van der Waals surface area contributed by atoms with Crippen molar-refractivity contribution in [3.8, 4) is 11.4 Å².